The van der Waals surface area contributed by atoms with Crippen LogP contribution in [0.25, 0.3) is 22.0 Å². The average Bonchev–Trinajstić information content (AvgIpc) is 3.09. The molecule has 3 aromatic rings. The van der Waals surface area contributed by atoms with E-state index >= 15 is 0 Å². The number of nitrogens with zero attached hydrogens (tertiary/aromatic N) is 5. The maximum absolute atomic E-state index is 10.8. The van der Waals surface area contributed by atoms with Crippen molar-refractivity contribution in [1.29, 1.82) is 0 Å². The number of oxime groups is 1. The number of hydrogen-bond donors (Lipinski definition) is 4. The molecule has 0 spiro atoms. The van der Waals surface area contributed by atoms with Crippen molar-refractivity contribution in [3.63, 3.8) is 0 Å². The van der Waals surface area contributed by atoms with Crippen LogP contribution < -0.4 is 5.48 Å². The molecular formula is C16H12N6O4. The molecule has 0 saturated carbocycles. The van der Waals surface area contributed by atoms with E-state index in [4.69, 9.17) is 5.11 Å². The van der Waals surface area contributed by atoms with E-state index in [1.54, 1.807) is 30.5 Å². The van der Waals surface area contributed by atoms with Gasteiger partial charge < -0.3 is 10.3 Å². The largest absolute Gasteiger partial charge is 0.480 e. The molecule has 0 fully saturated rings. The fourth-order valence-corrected chi connectivity index (χ4v) is 3.04. The summed E-state index contributed by atoms with van der Waals surface area (Å²) in [5.74, 6) is -0.800. The van der Waals surface area contributed by atoms with Crippen LogP contribution in [0.1, 0.15) is 11.1 Å². The number of carboxylic acid groups (broad SMARTS) is 1. The lowest BCUT2D eigenvalue weighted by Crippen LogP contribution is -2.26. The SMILES string of the molecule is O=C(O)Cn1cc(-c2ccc3c4c(cccc24)/C(=N\O)N=C3NO)nn1. The quantitative estimate of drug-likeness (QED) is 0.407. The van der Waals surface area contributed by atoms with Gasteiger partial charge in [-0.05, 0) is 11.5 Å². The van der Waals surface area contributed by atoms with Crippen molar-refractivity contribution in [3.05, 3.63) is 47.7 Å². The minimum absolute atomic E-state index is 0.0614. The van der Waals surface area contributed by atoms with Crippen molar-refractivity contribution in [3.8, 4) is 11.3 Å². The van der Waals surface area contributed by atoms with E-state index in [9.17, 15) is 15.2 Å². The van der Waals surface area contributed by atoms with Gasteiger partial charge in [0.15, 0.2) is 5.84 Å². The Balaban J connectivity index is 1.95. The number of carbonyl (C=O) groups is 1. The number of carboxylic acids is 1. The topological polar surface area (TPSA) is 145 Å². The van der Waals surface area contributed by atoms with Crippen LogP contribution in [-0.4, -0.2) is 48.2 Å². The Morgan fingerprint density at radius 2 is 2.00 bits per heavy atom. The van der Waals surface area contributed by atoms with Gasteiger partial charge in [0, 0.05) is 22.1 Å². The first-order valence-corrected chi connectivity index (χ1v) is 7.52. The van der Waals surface area contributed by atoms with Gasteiger partial charge in [-0.3, -0.25) is 15.5 Å². The molecule has 130 valence electrons. The molecule has 26 heavy (non-hydrogen) atoms. The first kappa shape index (κ1) is 15.7. The third-order valence-corrected chi connectivity index (χ3v) is 4.07. The van der Waals surface area contributed by atoms with Crippen LogP contribution in [0.2, 0.25) is 0 Å². The van der Waals surface area contributed by atoms with Crippen LogP contribution in [0.3, 0.4) is 0 Å². The molecule has 0 unspecified atom stereocenters. The number of hydrogen-bond acceptors (Lipinski definition) is 7. The lowest BCUT2D eigenvalue weighted by molar-refractivity contribution is -0.137. The zero-order valence-corrected chi connectivity index (χ0v) is 13.2. The van der Waals surface area contributed by atoms with Gasteiger partial charge in [-0.2, -0.15) is 0 Å². The second kappa shape index (κ2) is 5.93. The van der Waals surface area contributed by atoms with Gasteiger partial charge in [0.2, 0.25) is 5.84 Å². The van der Waals surface area contributed by atoms with Gasteiger partial charge >= 0.3 is 5.97 Å². The molecule has 1 aromatic heterocycles. The Bertz CT molecular complexity index is 1100. The highest BCUT2D eigenvalue weighted by molar-refractivity contribution is 6.27. The average molecular weight is 352 g/mol. The van der Waals surface area contributed by atoms with E-state index < -0.39 is 5.97 Å². The van der Waals surface area contributed by atoms with E-state index in [1.807, 2.05) is 11.5 Å². The molecule has 1 aliphatic rings. The zero-order chi connectivity index (χ0) is 18.3. The second-order valence-electron chi connectivity index (χ2n) is 5.58. The third kappa shape index (κ3) is 2.36. The molecule has 0 radical (unpaired) electrons. The maximum Gasteiger partial charge on any atom is 0.325 e. The van der Waals surface area contributed by atoms with Crippen LogP contribution in [0, 0.1) is 0 Å². The molecule has 4 rings (SSSR count). The Labute approximate surface area is 145 Å². The smallest absolute Gasteiger partial charge is 0.325 e. The van der Waals surface area contributed by atoms with Crippen molar-refractivity contribution in [1.82, 2.24) is 20.5 Å². The highest BCUT2D eigenvalue weighted by Crippen LogP contribution is 2.34. The first-order chi connectivity index (χ1) is 12.6. The summed E-state index contributed by atoms with van der Waals surface area (Å²) in [7, 11) is 0. The summed E-state index contributed by atoms with van der Waals surface area (Å²) >= 11 is 0. The number of aliphatic imine (C=N–C) groups is 1. The third-order valence-electron chi connectivity index (χ3n) is 4.07. The lowest BCUT2D eigenvalue weighted by atomic mass is 9.92. The van der Waals surface area contributed by atoms with Crippen molar-refractivity contribution >= 4 is 28.4 Å². The Kier molecular flexibility index (Phi) is 3.59. The Hall–Kier alpha value is -3.79. The monoisotopic (exact) mass is 352 g/mol. The number of aromatic nitrogens is 3. The molecule has 0 atom stereocenters. The minimum atomic E-state index is -1.02. The van der Waals surface area contributed by atoms with Crippen molar-refractivity contribution in [2.75, 3.05) is 0 Å². The number of aliphatic carboxylic acids is 1. The molecule has 2 aromatic carbocycles. The minimum Gasteiger partial charge on any atom is -0.480 e. The van der Waals surface area contributed by atoms with Gasteiger partial charge in [0.05, 0.1) is 6.20 Å². The molecule has 0 aliphatic carbocycles. The molecular weight excluding hydrogens is 340 g/mol. The number of hydroxylamine groups is 1. The van der Waals surface area contributed by atoms with Crippen LogP contribution in [0.4, 0.5) is 0 Å². The van der Waals surface area contributed by atoms with E-state index in [1.165, 1.54) is 4.68 Å². The molecule has 0 amide bonds. The van der Waals surface area contributed by atoms with Gasteiger partial charge in [0.25, 0.3) is 0 Å². The molecule has 0 saturated heterocycles. The van der Waals surface area contributed by atoms with Crippen molar-refractivity contribution in [2.24, 2.45) is 10.1 Å². The fourth-order valence-electron chi connectivity index (χ4n) is 3.04. The summed E-state index contributed by atoms with van der Waals surface area (Å²) in [6.07, 6.45) is 1.54. The van der Waals surface area contributed by atoms with E-state index in [-0.39, 0.29) is 18.2 Å². The molecule has 10 heteroatoms. The van der Waals surface area contributed by atoms with Gasteiger partial charge in [-0.25, -0.2) is 9.67 Å². The van der Waals surface area contributed by atoms with E-state index in [0.717, 1.165) is 16.3 Å². The molecule has 2 heterocycles. The highest BCUT2D eigenvalue weighted by atomic mass is 16.5. The van der Waals surface area contributed by atoms with E-state index in [0.29, 0.717) is 16.8 Å². The van der Waals surface area contributed by atoms with Crippen molar-refractivity contribution < 1.29 is 20.3 Å². The molecule has 1 aliphatic heterocycles. The van der Waals surface area contributed by atoms with Crippen LogP contribution in [0.15, 0.2) is 46.7 Å². The predicted molar refractivity (Wildman–Crippen MR) is 90.4 cm³/mol. The Morgan fingerprint density at radius 3 is 2.73 bits per heavy atom. The summed E-state index contributed by atoms with van der Waals surface area (Å²) in [5, 5.41) is 40.0. The number of rotatable bonds is 3. The summed E-state index contributed by atoms with van der Waals surface area (Å²) in [6, 6.07) is 8.91. The maximum atomic E-state index is 10.8. The second-order valence-corrected chi connectivity index (χ2v) is 5.58. The molecule has 4 N–H and O–H groups in total. The van der Waals surface area contributed by atoms with Crippen LogP contribution in [-0.2, 0) is 11.3 Å². The van der Waals surface area contributed by atoms with Gasteiger partial charge in [-0.15, -0.1) is 5.10 Å². The molecule has 0 bridgehead atoms. The normalized spacial score (nSPS) is 14.5. The van der Waals surface area contributed by atoms with Crippen LogP contribution >= 0.6 is 0 Å². The number of nitrogens with one attached hydrogen (secondary N) is 1. The fraction of sp³-hybridized carbons (Fsp3) is 0.0625. The zero-order valence-electron chi connectivity index (χ0n) is 13.2. The number of benzene rings is 2. The summed E-state index contributed by atoms with van der Waals surface area (Å²) in [6.45, 7) is -0.291. The van der Waals surface area contributed by atoms with Crippen molar-refractivity contribution in [2.45, 2.75) is 6.54 Å². The van der Waals surface area contributed by atoms with Gasteiger partial charge in [-0.1, -0.05) is 34.6 Å². The summed E-state index contributed by atoms with van der Waals surface area (Å²) < 4.78 is 1.23. The highest BCUT2D eigenvalue weighted by Gasteiger charge is 2.23. The summed E-state index contributed by atoms with van der Waals surface area (Å²) in [5.41, 5.74) is 4.46. The number of amidine groups is 2. The predicted octanol–water partition coefficient (Wildman–Crippen LogP) is 1.06. The lowest BCUT2D eigenvalue weighted by Gasteiger charge is -2.18. The van der Waals surface area contributed by atoms with E-state index in [2.05, 4.69) is 20.5 Å². The van der Waals surface area contributed by atoms with Crippen LogP contribution in [0.5, 0.6) is 0 Å². The summed E-state index contributed by atoms with van der Waals surface area (Å²) in [4.78, 5) is 14.9. The first-order valence-electron chi connectivity index (χ1n) is 7.52. The standard InChI is InChI=1S/C16H12N6O4/c23-13(24)7-22-6-12(18-21-22)8-4-5-11-14-9(8)2-1-3-10(14)15(19-25)17-16(11)20-26/h1-6,25-26H,7H2,(H,23,24)(H,17,19,20). The van der Waals surface area contributed by atoms with Gasteiger partial charge in [0.1, 0.15) is 12.2 Å². The Morgan fingerprint density at radius 1 is 1.19 bits per heavy atom. The molecule has 10 nitrogen and oxygen atoms in total.